The highest BCUT2D eigenvalue weighted by atomic mass is 16.6. The summed E-state index contributed by atoms with van der Waals surface area (Å²) in [5, 5.41) is 0. The number of hydrogen-bond donors (Lipinski definition) is 0. The fraction of sp³-hybridized carbons (Fsp3) is 0.706. The molecule has 1 aromatic heterocycles. The van der Waals surface area contributed by atoms with Crippen LogP contribution in [0.1, 0.15) is 19.3 Å². The van der Waals surface area contributed by atoms with E-state index in [1.165, 1.54) is 6.33 Å². The van der Waals surface area contributed by atoms with Gasteiger partial charge < -0.3 is 24.0 Å². The standard InChI is InChI=1S/C17H26N4O4/c1-20(2)16(22)11-24-13-9-17(25-10-13)4-6-21(7-5-17)14-8-15(23-3)19-12-18-14/h8,12-13H,4-7,9-11H2,1-3H3/t13-/m1/s1. The SMILES string of the molecule is COc1cc(N2CCC3(CC2)C[C@@H](OCC(=O)N(C)C)CO3)ncn1. The second-order valence-electron chi connectivity index (χ2n) is 6.82. The molecular formula is C17H26N4O4. The number of methoxy groups -OCH3 is 1. The number of aromatic nitrogens is 2. The molecule has 8 nitrogen and oxygen atoms in total. The molecule has 2 fully saturated rings. The van der Waals surface area contributed by atoms with Crippen LogP contribution in [0.15, 0.2) is 12.4 Å². The van der Waals surface area contributed by atoms with Gasteiger partial charge in [-0.3, -0.25) is 4.79 Å². The molecule has 0 bridgehead atoms. The molecule has 0 aliphatic carbocycles. The number of nitrogens with zero attached hydrogens (tertiary/aromatic N) is 4. The van der Waals surface area contributed by atoms with Gasteiger partial charge in [-0.2, -0.15) is 0 Å². The minimum atomic E-state index is -0.139. The van der Waals surface area contributed by atoms with Crippen molar-refractivity contribution < 1.29 is 19.0 Å². The first-order valence-electron chi connectivity index (χ1n) is 8.58. The van der Waals surface area contributed by atoms with Gasteiger partial charge in [-0.05, 0) is 12.8 Å². The molecule has 2 aliphatic rings. The molecule has 0 N–H and O–H groups in total. The molecule has 0 unspecified atom stereocenters. The van der Waals surface area contributed by atoms with E-state index >= 15 is 0 Å². The summed E-state index contributed by atoms with van der Waals surface area (Å²) in [5.41, 5.74) is -0.139. The van der Waals surface area contributed by atoms with Gasteiger partial charge in [0.25, 0.3) is 0 Å². The number of anilines is 1. The summed E-state index contributed by atoms with van der Waals surface area (Å²) >= 11 is 0. The summed E-state index contributed by atoms with van der Waals surface area (Å²) in [5.74, 6) is 1.43. The van der Waals surface area contributed by atoms with Gasteiger partial charge in [-0.15, -0.1) is 0 Å². The number of piperidine rings is 1. The lowest BCUT2D eigenvalue weighted by molar-refractivity contribution is -0.135. The first kappa shape index (κ1) is 17.9. The summed E-state index contributed by atoms with van der Waals surface area (Å²) < 4.78 is 17.0. The summed E-state index contributed by atoms with van der Waals surface area (Å²) in [7, 11) is 5.07. The molecule has 1 spiro atoms. The highest BCUT2D eigenvalue weighted by Crippen LogP contribution is 2.38. The van der Waals surface area contributed by atoms with E-state index in [4.69, 9.17) is 14.2 Å². The lowest BCUT2D eigenvalue weighted by Crippen LogP contribution is -2.44. The quantitative estimate of drug-likeness (QED) is 0.774. The first-order valence-corrected chi connectivity index (χ1v) is 8.58. The Bertz CT molecular complexity index is 602. The summed E-state index contributed by atoms with van der Waals surface area (Å²) in [6, 6.07) is 1.85. The average Bonchev–Trinajstić information content (AvgIpc) is 3.03. The lowest BCUT2D eigenvalue weighted by atomic mass is 9.88. The molecule has 0 aromatic carbocycles. The van der Waals surface area contributed by atoms with E-state index in [0.29, 0.717) is 12.5 Å². The Morgan fingerprint density at radius 2 is 2.16 bits per heavy atom. The van der Waals surface area contributed by atoms with Gasteiger partial charge in [0.15, 0.2) is 0 Å². The predicted octanol–water partition coefficient (Wildman–Crippen LogP) is 0.718. The van der Waals surface area contributed by atoms with Crippen molar-refractivity contribution in [3.8, 4) is 5.88 Å². The smallest absolute Gasteiger partial charge is 0.248 e. The second kappa shape index (κ2) is 7.53. The van der Waals surface area contributed by atoms with Gasteiger partial charge in [-0.25, -0.2) is 9.97 Å². The van der Waals surface area contributed by atoms with Gasteiger partial charge in [-0.1, -0.05) is 0 Å². The molecule has 25 heavy (non-hydrogen) atoms. The normalized spacial score (nSPS) is 22.2. The first-order chi connectivity index (χ1) is 12.0. The van der Waals surface area contributed by atoms with Crippen molar-refractivity contribution in [3.63, 3.8) is 0 Å². The minimum Gasteiger partial charge on any atom is -0.481 e. The number of rotatable bonds is 5. The van der Waals surface area contributed by atoms with E-state index < -0.39 is 0 Å². The Hall–Kier alpha value is -1.93. The van der Waals surface area contributed by atoms with Crippen LogP contribution < -0.4 is 9.64 Å². The number of amides is 1. The van der Waals surface area contributed by atoms with Crippen LogP contribution in [0.4, 0.5) is 5.82 Å². The van der Waals surface area contributed by atoms with E-state index in [-0.39, 0.29) is 24.2 Å². The molecule has 8 heteroatoms. The van der Waals surface area contributed by atoms with E-state index in [1.807, 2.05) is 6.07 Å². The van der Waals surface area contributed by atoms with Crippen molar-refractivity contribution in [2.45, 2.75) is 31.0 Å². The Kier molecular flexibility index (Phi) is 5.39. The van der Waals surface area contributed by atoms with Crippen molar-refractivity contribution in [2.24, 2.45) is 0 Å². The number of hydrogen-bond acceptors (Lipinski definition) is 7. The van der Waals surface area contributed by atoms with Crippen LogP contribution >= 0.6 is 0 Å². The molecule has 1 aromatic rings. The van der Waals surface area contributed by atoms with Crippen molar-refractivity contribution in [1.29, 1.82) is 0 Å². The molecule has 3 heterocycles. The van der Waals surface area contributed by atoms with E-state index in [1.54, 1.807) is 26.1 Å². The van der Waals surface area contributed by atoms with E-state index in [2.05, 4.69) is 14.9 Å². The fourth-order valence-corrected chi connectivity index (χ4v) is 3.33. The Balaban J connectivity index is 1.51. The number of ether oxygens (including phenoxy) is 3. The third kappa shape index (κ3) is 4.19. The Labute approximate surface area is 148 Å². The maximum absolute atomic E-state index is 11.7. The van der Waals surface area contributed by atoms with Crippen molar-refractivity contribution in [2.75, 3.05) is 52.4 Å². The highest BCUT2D eigenvalue weighted by molar-refractivity contribution is 5.76. The number of carbonyl (C=O) groups excluding carboxylic acids is 1. The van der Waals surface area contributed by atoms with E-state index in [0.717, 1.165) is 38.2 Å². The largest absolute Gasteiger partial charge is 0.481 e. The topological polar surface area (TPSA) is 77.0 Å². The van der Waals surface area contributed by atoms with Crippen LogP contribution in [0, 0.1) is 0 Å². The maximum Gasteiger partial charge on any atom is 0.248 e. The van der Waals surface area contributed by atoms with Gasteiger partial charge in [0, 0.05) is 39.7 Å². The molecule has 1 atom stereocenters. The monoisotopic (exact) mass is 350 g/mol. The number of carbonyl (C=O) groups is 1. The molecule has 3 rings (SSSR count). The molecule has 1 amide bonds. The van der Waals surface area contributed by atoms with Crippen LogP contribution in [-0.4, -0.2) is 80.0 Å². The summed E-state index contributed by atoms with van der Waals surface area (Å²) in [6.07, 6.45) is 4.20. The molecule has 0 radical (unpaired) electrons. The Morgan fingerprint density at radius 1 is 1.40 bits per heavy atom. The third-order valence-corrected chi connectivity index (χ3v) is 4.95. The molecule has 138 valence electrons. The van der Waals surface area contributed by atoms with Crippen LogP contribution in [0.3, 0.4) is 0 Å². The molecule has 0 saturated carbocycles. The minimum absolute atomic E-state index is 0.00501. The van der Waals surface area contributed by atoms with E-state index in [9.17, 15) is 4.79 Å². The van der Waals surface area contributed by atoms with Crippen molar-refractivity contribution >= 4 is 11.7 Å². The number of likely N-dealkylation sites (N-methyl/N-ethyl adjacent to an activating group) is 1. The van der Waals surface area contributed by atoms with Crippen molar-refractivity contribution in [1.82, 2.24) is 14.9 Å². The summed E-state index contributed by atoms with van der Waals surface area (Å²) in [4.78, 5) is 23.8. The zero-order valence-electron chi connectivity index (χ0n) is 15.1. The van der Waals surface area contributed by atoms with Crippen LogP contribution in [0.5, 0.6) is 5.88 Å². The highest BCUT2D eigenvalue weighted by Gasteiger charge is 2.43. The third-order valence-electron chi connectivity index (χ3n) is 4.95. The fourth-order valence-electron chi connectivity index (χ4n) is 3.33. The second-order valence-corrected chi connectivity index (χ2v) is 6.82. The Morgan fingerprint density at radius 3 is 2.84 bits per heavy atom. The molecule has 2 aliphatic heterocycles. The van der Waals surface area contributed by atoms with Crippen LogP contribution in [0.25, 0.3) is 0 Å². The summed E-state index contributed by atoms with van der Waals surface area (Å²) in [6.45, 7) is 2.40. The predicted molar refractivity (Wildman–Crippen MR) is 91.8 cm³/mol. The average molecular weight is 350 g/mol. The van der Waals surface area contributed by atoms with Crippen molar-refractivity contribution in [3.05, 3.63) is 12.4 Å². The molecule has 2 saturated heterocycles. The zero-order chi connectivity index (χ0) is 17.9. The van der Waals surface area contributed by atoms with Gasteiger partial charge in [0.2, 0.25) is 11.8 Å². The van der Waals surface area contributed by atoms with Gasteiger partial charge in [0.1, 0.15) is 18.8 Å². The zero-order valence-corrected chi connectivity index (χ0v) is 15.1. The van der Waals surface area contributed by atoms with Crippen LogP contribution in [-0.2, 0) is 14.3 Å². The van der Waals surface area contributed by atoms with Crippen LogP contribution in [0.2, 0.25) is 0 Å². The van der Waals surface area contributed by atoms with Gasteiger partial charge >= 0.3 is 0 Å². The maximum atomic E-state index is 11.7. The lowest BCUT2D eigenvalue weighted by Gasteiger charge is -2.39. The van der Waals surface area contributed by atoms with Gasteiger partial charge in [0.05, 0.1) is 25.4 Å². The molecular weight excluding hydrogens is 324 g/mol.